The third-order valence-electron chi connectivity index (χ3n) is 3.16. The first kappa shape index (κ1) is 14.2. The summed E-state index contributed by atoms with van der Waals surface area (Å²) in [5.41, 5.74) is 2.07. The van der Waals surface area contributed by atoms with Gasteiger partial charge in [-0.3, -0.25) is 4.79 Å². The zero-order valence-corrected chi connectivity index (χ0v) is 11.5. The van der Waals surface area contributed by atoms with E-state index < -0.39 is 5.82 Å². The van der Waals surface area contributed by atoms with Crippen LogP contribution in [0.1, 0.15) is 28.9 Å². The van der Waals surface area contributed by atoms with Gasteiger partial charge in [-0.25, -0.2) is 4.39 Å². The summed E-state index contributed by atoms with van der Waals surface area (Å²) in [6.45, 7) is 2.04. The average Bonchev–Trinajstić information content (AvgIpc) is 2.46. The van der Waals surface area contributed by atoms with Crippen LogP contribution in [0.15, 0.2) is 48.5 Å². The summed E-state index contributed by atoms with van der Waals surface area (Å²) in [7, 11) is 1.88. The zero-order valence-electron chi connectivity index (χ0n) is 11.5. The van der Waals surface area contributed by atoms with Gasteiger partial charge in [-0.2, -0.15) is 0 Å². The van der Waals surface area contributed by atoms with E-state index in [1.165, 1.54) is 18.2 Å². The highest BCUT2D eigenvalue weighted by atomic mass is 19.1. The molecule has 0 aliphatic heterocycles. The van der Waals surface area contributed by atoms with E-state index in [-0.39, 0.29) is 11.9 Å². The molecule has 0 spiro atoms. The van der Waals surface area contributed by atoms with Crippen molar-refractivity contribution >= 4 is 11.6 Å². The molecule has 0 fully saturated rings. The van der Waals surface area contributed by atoms with E-state index in [9.17, 15) is 9.18 Å². The number of carbonyl (C=O) groups excluding carboxylic acids is 1. The molecule has 0 bridgehead atoms. The highest BCUT2D eigenvalue weighted by molar-refractivity contribution is 6.04. The van der Waals surface area contributed by atoms with E-state index >= 15 is 0 Å². The number of halogens is 1. The maximum atomic E-state index is 13.1. The topological polar surface area (TPSA) is 41.1 Å². The minimum Gasteiger partial charge on any atom is -0.322 e. The Morgan fingerprint density at radius 3 is 2.60 bits per heavy atom. The van der Waals surface area contributed by atoms with Gasteiger partial charge in [0.15, 0.2) is 0 Å². The van der Waals surface area contributed by atoms with Gasteiger partial charge in [0.25, 0.3) is 5.91 Å². The second-order valence-corrected chi connectivity index (χ2v) is 4.60. The van der Waals surface area contributed by atoms with Crippen molar-refractivity contribution in [1.29, 1.82) is 0 Å². The Hall–Kier alpha value is -2.20. The van der Waals surface area contributed by atoms with Crippen LogP contribution in [0.25, 0.3) is 0 Å². The molecule has 20 heavy (non-hydrogen) atoms. The molecule has 4 heteroatoms. The SMILES string of the molecule is CNC(C)c1cccc(NC(=O)c2cccc(F)c2)c1. The third-order valence-corrected chi connectivity index (χ3v) is 3.16. The van der Waals surface area contributed by atoms with Crippen LogP contribution in [0, 0.1) is 5.82 Å². The Morgan fingerprint density at radius 1 is 1.15 bits per heavy atom. The van der Waals surface area contributed by atoms with Gasteiger partial charge >= 0.3 is 0 Å². The van der Waals surface area contributed by atoms with Crippen molar-refractivity contribution in [3.8, 4) is 0 Å². The third kappa shape index (κ3) is 3.42. The summed E-state index contributed by atoms with van der Waals surface area (Å²) in [5.74, 6) is -0.742. The lowest BCUT2D eigenvalue weighted by Crippen LogP contribution is -2.14. The van der Waals surface area contributed by atoms with E-state index in [1.807, 2.05) is 38.2 Å². The first-order valence-corrected chi connectivity index (χ1v) is 6.44. The second-order valence-electron chi connectivity index (χ2n) is 4.60. The smallest absolute Gasteiger partial charge is 0.255 e. The lowest BCUT2D eigenvalue weighted by molar-refractivity contribution is 0.102. The molecule has 0 saturated heterocycles. The molecule has 1 atom stereocenters. The minimum absolute atomic E-state index is 0.195. The molecule has 0 aliphatic carbocycles. The van der Waals surface area contributed by atoms with E-state index in [4.69, 9.17) is 0 Å². The molecule has 0 aliphatic rings. The Labute approximate surface area is 117 Å². The van der Waals surface area contributed by atoms with Crippen molar-refractivity contribution in [1.82, 2.24) is 5.32 Å². The summed E-state index contributed by atoms with van der Waals surface area (Å²) in [4.78, 5) is 12.0. The summed E-state index contributed by atoms with van der Waals surface area (Å²) >= 11 is 0. The van der Waals surface area contributed by atoms with Gasteiger partial charge in [0.05, 0.1) is 0 Å². The van der Waals surface area contributed by atoms with Crippen molar-refractivity contribution in [3.63, 3.8) is 0 Å². The molecule has 2 aromatic rings. The standard InChI is InChI=1S/C16H17FN2O/c1-11(18-2)12-5-4-8-15(10-12)19-16(20)13-6-3-7-14(17)9-13/h3-11,18H,1-2H3,(H,19,20). The van der Waals surface area contributed by atoms with Crippen molar-refractivity contribution in [2.24, 2.45) is 0 Å². The van der Waals surface area contributed by atoms with Gasteiger partial charge in [0, 0.05) is 17.3 Å². The Kier molecular flexibility index (Phi) is 4.48. The van der Waals surface area contributed by atoms with Crippen molar-refractivity contribution in [2.45, 2.75) is 13.0 Å². The Morgan fingerprint density at radius 2 is 1.90 bits per heavy atom. The van der Waals surface area contributed by atoms with E-state index in [0.717, 1.165) is 5.56 Å². The Balaban J connectivity index is 2.16. The van der Waals surface area contributed by atoms with Crippen molar-refractivity contribution < 1.29 is 9.18 Å². The van der Waals surface area contributed by atoms with Crippen LogP contribution in [-0.4, -0.2) is 13.0 Å². The summed E-state index contributed by atoms with van der Waals surface area (Å²) in [6.07, 6.45) is 0. The lowest BCUT2D eigenvalue weighted by Gasteiger charge is -2.12. The molecule has 0 saturated carbocycles. The molecular formula is C16H17FN2O. The van der Waals surface area contributed by atoms with Gasteiger partial charge in [0.2, 0.25) is 0 Å². The quantitative estimate of drug-likeness (QED) is 0.896. The number of benzene rings is 2. The van der Waals surface area contributed by atoms with E-state index in [1.54, 1.807) is 6.07 Å². The van der Waals surface area contributed by atoms with Crippen LogP contribution in [-0.2, 0) is 0 Å². The summed E-state index contributed by atoms with van der Waals surface area (Å²) < 4.78 is 13.1. The lowest BCUT2D eigenvalue weighted by atomic mass is 10.1. The molecule has 1 amide bonds. The molecule has 2 rings (SSSR count). The van der Waals surface area contributed by atoms with Crippen molar-refractivity contribution in [3.05, 3.63) is 65.5 Å². The fraction of sp³-hybridized carbons (Fsp3) is 0.188. The first-order chi connectivity index (χ1) is 9.60. The Bertz CT molecular complexity index is 613. The second kappa shape index (κ2) is 6.30. The van der Waals surface area contributed by atoms with E-state index in [2.05, 4.69) is 10.6 Å². The predicted molar refractivity (Wildman–Crippen MR) is 78.3 cm³/mol. The van der Waals surface area contributed by atoms with Gasteiger partial charge in [-0.15, -0.1) is 0 Å². The molecule has 2 aromatic carbocycles. The number of nitrogens with one attached hydrogen (secondary N) is 2. The fourth-order valence-electron chi connectivity index (χ4n) is 1.89. The molecule has 0 heterocycles. The van der Waals surface area contributed by atoms with Gasteiger partial charge in [-0.1, -0.05) is 18.2 Å². The molecule has 1 unspecified atom stereocenters. The van der Waals surface area contributed by atoms with Crippen LogP contribution in [0.4, 0.5) is 10.1 Å². The molecular weight excluding hydrogens is 255 g/mol. The number of carbonyl (C=O) groups is 1. The maximum Gasteiger partial charge on any atom is 0.255 e. The number of hydrogen-bond donors (Lipinski definition) is 2. The molecule has 0 aromatic heterocycles. The van der Waals surface area contributed by atoms with Crippen LogP contribution in [0.5, 0.6) is 0 Å². The van der Waals surface area contributed by atoms with Gasteiger partial charge in [0.1, 0.15) is 5.82 Å². The first-order valence-electron chi connectivity index (χ1n) is 6.44. The maximum absolute atomic E-state index is 13.1. The number of hydrogen-bond acceptors (Lipinski definition) is 2. The monoisotopic (exact) mass is 272 g/mol. The minimum atomic E-state index is -0.421. The van der Waals surface area contributed by atoms with Gasteiger partial charge in [-0.05, 0) is 49.9 Å². The highest BCUT2D eigenvalue weighted by Gasteiger charge is 2.08. The van der Waals surface area contributed by atoms with Crippen LogP contribution < -0.4 is 10.6 Å². The zero-order chi connectivity index (χ0) is 14.5. The normalized spacial score (nSPS) is 11.9. The number of anilines is 1. The fourth-order valence-corrected chi connectivity index (χ4v) is 1.89. The molecule has 2 N–H and O–H groups in total. The van der Waals surface area contributed by atoms with Crippen LogP contribution in [0.3, 0.4) is 0 Å². The number of rotatable bonds is 4. The largest absolute Gasteiger partial charge is 0.322 e. The summed E-state index contributed by atoms with van der Waals surface area (Å²) in [5, 5.41) is 5.91. The predicted octanol–water partition coefficient (Wildman–Crippen LogP) is 3.36. The van der Waals surface area contributed by atoms with E-state index in [0.29, 0.717) is 11.3 Å². The molecule has 3 nitrogen and oxygen atoms in total. The summed E-state index contributed by atoms with van der Waals surface area (Å²) in [6, 6.07) is 13.4. The average molecular weight is 272 g/mol. The molecule has 104 valence electrons. The van der Waals surface area contributed by atoms with Crippen LogP contribution in [0.2, 0.25) is 0 Å². The van der Waals surface area contributed by atoms with Crippen LogP contribution >= 0.6 is 0 Å². The molecule has 0 radical (unpaired) electrons. The van der Waals surface area contributed by atoms with Crippen molar-refractivity contribution in [2.75, 3.05) is 12.4 Å². The highest BCUT2D eigenvalue weighted by Crippen LogP contribution is 2.17. The number of amides is 1. The van der Waals surface area contributed by atoms with Gasteiger partial charge < -0.3 is 10.6 Å².